The average Bonchev–Trinajstić information content (AvgIpc) is 2.69. The molecule has 3 heteroatoms. The number of rotatable bonds is 4. The van der Waals surface area contributed by atoms with Crippen LogP contribution in [-0.2, 0) is 18.4 Å². The molecule has 3 nitrogen and oxygen atoms in total. The molecule has 0 atom stereocenters. The van der Waals surface area contributed by atoms with Crippen molar-refractivity contribution in [3.8, 4) is 0 Å². The van der Waals surface area contributed by atoms with Gasteiger partial charge < -0.3 is 9.67 Å². The van der Waals surface area contributed by atoms with Crippen LogP contribution < -0.4 is 0 Å². The fourth-order valence-electron chi connectivity index (χ4n) is 3.24. The normalized spacial score (nSPS) is 12.1. The highest BCUT2D eigenvalue weighted by Crippen LogP contribution is 2.34. The van der Waals surface area contributed by atoms with Gasteiger partial charge in [-0.05, 0) is 48.9 Å². The molecule has 0 unspecified atom stereocenters. The Labute approximate surface area is 133 Å². The zero-order valence-electron chi connectivity index (χ0n) is 14.6. The summed E-state index contributed by atoms with van der Waals surface area (Å²) in [5.41, 5.74) is 4.83. The maximum absolute atomic E-state index is 11.8. The van der Waals surface area contributed by atoms with Crippen molar-refractivity contribution in [3.05, 3.63) is 34.5 Å². The minimum Gasteiger partial charge on any atom is -0.478 e. The summed E-state index contributed by atoms with van der Waals surface area (Å²) in [6, 6.07) is 4.05. The van der Waals surface area contributed by atoms with Crippen LogP contribution in [0.15, 0.2) is 12.1 Å². The van der Waals surface area contributed by atoms with E-state index in [-0.39, 0.29) is 5.41 Å². The lowest BCUT2D eigenvalue weighted by molar-refractivity contribution is 0.0698. The van der Waals surface area contributed by atoms with Crippen molar-refractivity contribution in [3.63, 3.8) is 0 Å². The average molecular weight is 301 g/mol. The van der Waals surface area contributed by atoms with E-state index < -0.39 is 5.97 Å². The van der Waals surface area contributed by atoms with Crippen molar-refractivity contribution in [1.82, 2.24) is 4.57 Å². The number of carbonyl (C=O) groups is 1. The number of carboxylic acid groups (broad SMARTS) is 1. The summed E-state index contributed by atoms with van der Waals surface area (Å²) < 4.78 is 2.15. The van der Waals surface area contributed by atoms with Crippen molar-refractivity contribution in [1.29, 1.82) is 0 Å². The van der Waals surface area contributed by atoms with E-state index in [1.54, 1.807) is 0 Å². The van der Waals surface area contributed by atoms with Gasteiger partial charge in [-0.25, -0.2) is 4.79 Å². The number of aromatic carboxylic acids is 1. The van der Waals surface area contributed by atoms with E-state index in [0.717, 1.165) is 35.9 Å². The predicted octanol–water partition coefficient (Wildman–Crippen LogP) is 4.92. The summed E-state index contributed by atoms with van der Waals surface area (Å²) in [6.45, 7) is 13.5. The Bertz CT molecular complexity index is 717. The lowest BCUT2D eigenvalue weighted by Crippen LogP contribution is -2.13. The van der Waals surface area contributed by atoms with Gasteiger partial charge in [-0.1, -0.05) is 34.1 Å². The molecule has 0 bridgehead atoms. The van der Waals surface area contributed by atoms with Crippen molar-refractivity contribution in [2.75, 3.05) is 0 Å². The first-order valence-electron chi connectivity index (χ1n) is 8.11. The van der Waals surface area contributed by atoms with Crippen molar-refractivity contribution in [2.24, 2.45) is 0 Å². The van der Waals surface area contributed by atoms with E-state index >= 15 is 0 Å². The summed E-state index contributed by atoms with van der Waals surface area (Å²) in [5, 5.41) is 10.8. The highest BCUT2D eigenvalue weighted by molar-refractivity contribution is 6.04. The molecule has 0 spiro atoms. The molecule has 2 aromatic rings. The van der Waals surface area contributed by atoms with Crippen LogP contribution in [0, 0.1) is 6.92 Å². The molecule has 0 fully saturated rings. The van der Waals surface area contributed by atoms with Gasteiger partial charge in [0, 0.05) is 17.6 Å². The third-order valence-corrected chi connectivity index (χ3v) is 4.46. The van der Waals surface area contributed by atoms with E-state index in [9.17, 15) is 9.90 Å². The van der Waals surface area contributed by atoms with Gasteiger partial charge in [0.05, 0.1) is 11.1 Å². The zero-order chi connectivity index (χ0) is 16.7. The van der Waals surface area contributed by atoms with E-state index in [1.807, 2.05) is 6.07 Å². The van der Waals surface area contributed by atoms with E-state index in [4.69, 9.17) is 0 Å². The van der Waals surface area contributed by atoms with E-state index in [2.05, 4.69) is 52.2 Å². The molecule has 1 aromatic carbocycles. The van der Waals surface area contributed by atoms with Crippen LogP contribution in [0.5, 0.6) is 0 Å². The van der Waals surface area contributed by atoms with E-state index in [0.29, 0.717) is 5.56 Å². The van der Waals surface area contributed by atoms with Crippen LogP contribution >= 0.6 is 0 Å². The van der Waals surface area contributed by atoms with Gasteiger partial charge in [0.25, 0.3) is 0 Å². The van der Waals surface area contributed by atoms with Gasteiger partial charge in [0.1, 0.15) is 0 Å². The number of aromatic nitrogens is 1. The van der Waals surface area contributed by atoms with Crippen molar-refractivity contribution < 1.29 is 9.90 Å². The maximum Gasteiger partial charge on any atom is 0.337 e. The van der Waals surface area contributed by atoms with Gasteiger partial charge in [-0.3, -0.25) is 0 Å². The van der Waals surface area contributed by atoms with Crippen molar-refractivity contribution >= 4 is 16.9 Å². The molecule has 0 amide bonds. The topological polar surface area (TPSA) is 42.2 Å². The summed E-state index contributed by atoms with van der Waals surface area (Å²) >= 11 is 0. The number of nitrogens with zero attached hydrogens (tertiary/aromatic N) is 1. The third-order valence-electron chi connectivity index (χ3n) is 4.46. The van der Waals surface area contributed by atoms with Crippen LogP contribution in [-0.4, -0.2) is 15.6 Å². The SMILES string of the molecule is CCCc1c(C)n(CC)c2c(C(=O)O)cc(C(C)(C)C)cc12. The Morgan fingerprint density at radius 1 is 1.23 bits per heavy atom. The summed E-state index contributed by atoms with van der Waals surface area (Å²) in [6.07, 6.45) is 2.05. The molecule has 0 saturated carbocycles. The molecule has 22 heavy (non-hydrogen) atoms. The third kappa shape index (κ3) is 2.65. The number of hydrogen-bond acceptors (Lipinski definition) is 1. The molecule has 0 aliphatic heterocycles. The van der Waals surface area contributed by atoms with Gasteiger partial charge in [-0.2, -0.15) is 0 Å². The van der Waals surface area contributed by atoms with Gasteiger partial charge in [0.15, 0.2) is 0 Å². The minimum atomic E-state index is -0.841. The second kappa shape index (κ2) is 5.79. The molecule has 0 aliphatic carbocycles. The van der Waals surface area contributed by atoms with Crippen LogP contribution in [0.25, 0.3) is 10.9 Å². The minimum absolute atomic E-state index is 0.0654. The summed E-state index contributed by atoms with van der Waals surface area (Å²) in [7, 11) is 0. The Morgan fingerprint density at radius 2 is 1.86 bits per heavy atom. The predicted molar refractivity (Wildman–Crippen MR) is 92.0 cm³/mol. The molecular formula is C19H27NO2. The second-order valence-electron chi connectivity index (χ2n) is 7.03. The van der Waals surface area contributed by atoms with Crippen LogP contribution in [0.1, 0.15) is 68.2 Å². The van der Waals surface area contributed by atoms with Crippen LogP contribution in [0.2, 0.25) is 0 Å². The first-order valence-corrected chi connectivity index (χ1v) is 8.11. The molecule has 120 valence electrons. The number of hydrogen-bond donors (Lipinski definition) is 1. The molecule has 0 aliphatic rings. The molecule has 1 N–H and O–H groups in total. The number of fused-ring (bicyclic) bond motifs is 1. The summed E-state index contributed by atoms with van der Waals surface area (Å²) in [5.74, 6) is -0.841. The molecular weight excluding hydrogens is 274 g/mol. The fraction of sp³-hybridized carbons (Fsp3) is 0.526. The van der Waals surface area contributed by atoms with E-state index in [1.165, 1.54) is 11.3 Å². The van der Waals surface area contributed by atoms with Crippen LogP contribution in [0.3, 0.4) is 0 Å². The monoisotopic (exact) mass is 301 g/mol. The first-order chi connectivity index (χ1) is 10.2. The largest absolute Gasteiger partial charge is 0.478 e. The number of benzene rings is 1. The molecule has 0 radical (unpaired) electrons. The maximum atomic E-state index is 11.8. The lowest BCUT2D eigenvalue weighted by Gasteiger charge is -2.20. The van der Waals surface area contributed by atoms with Gasteiger partial charge in [-0.15, -0.1) is 0 Å². The van der Waals surface area contributed by atoms with Crippen molar-refractivity contribution in [2.45, 2.75) is 66.3 Å². The molecule has 1 heterocycles. The second-order valence-corrected chi connectivity index (χ2v) is 7.03. The van der Waals surface area contributed by atoms with Gasteiger partial charge in [0.2, 0.25) is 0 Å². The zero-order valence-corrected chi connectivity index (χ0v) is 14.6. The van der Waals surface area contributed by atoms with Crippen LogP contribution in [0.4, 0.5) is 0 Å². The lowest BCUT2D eigenvalue weighted by atomic mass is 9.84. The standard InChI is InChI=1S/C19H27NO2/c1-7-9-14-12(3)20(8-2)17-15(14)10-13(19(4,5)6)11-16(17)18(21)22/h10-11H,7-9H2,1-6H3,(H,21,22). The summed E-state index contributed by atoms with van der Waals surface area (Å²) in [4.78, 5) is 11.8. The molecule has 1 aromatic heterocycles. The Morgan fingerprint density at radius 3 is 2.32 bits per heavy atom. The van der Waals surface area contributed by atoms with Gasteiger partial charge >= 0.3 is 5.97 Å². The quantitative estimate of drug-likeness (QED) is 0.871. The Balaban J connectivity index is 2.95. The number of carboxylic acids is 1. The smallest absolute Gasteiger partial charge is 0.337 e. The number of aryl methyl sites for hydroxylation is 2. The highest BCUT2D eigenvalue weighted by Gasteiger charge is 2.23. The molecule has 2 rings (SSSR count). The molecule has 0 saturated heterocycles. The Hall–Kier alpha value is -1.77. The highest BCUT2D eigenvalue weighted by atomic mass is 16.4. The Kier molecular flexibility index (Phi) is 4.37. The fourth-order valence-corrected chi connectivity index (χ4v) is 3.24. The first kappa shape index (κ1) is 16.6.